The third-order valence-electron chi connectivity index (χ3n) is 7.40. The van der Waals surface area contributed by atoms with Gasteiger partial charge in [-0.2, -0.15) is 13.2 Å². The van der Waals surface area contributed by atoms with Crippen LogP contribution in [0.4, 0.5) is 13.2 Å². The highest BCUT2D eigenvalue weighted by atomic mass is 79.9. The van der Waals surface area contributed by atoms with Gasteiger partial charge in [0.1, 0.15) is 0 Å². The van der Waals surface area contributed by atoms with Crippen molar-refractivity contribution in [2.45, 2.75) is 81.6 Å². The molecule has 1 aliphatic carbocycles. The number of hydrogen-bond donors (Lipinski definition) is 1. The summed E-state index contributed by atoms with van der Waals surface area (Å²) < 4.78 is 60.1. The lowest BCUT2D eigenvalue weighted by molar-refractivity contribution is -0.599. The Hall–Kier alpha value is 0.0300. The van der Waals surface area contributed by atoms with Gasteiger partial charge in [0.2, 0.25) is 5.79 Å². The van der Waals surface area contributed by atoms with E-state index in [0.717, 1.165) is 0 Å². The molecule has 0 aromatic rings. The third-order valence-corrected chi connectivity index (χ3v) is 7.72. The van der Waals surface area contributed by atoms with Crippen molar-refractivity contribution in [1.29, 1.82) is 0 Å². The smallest absolute Gasteiger partial charge is 0.341 e. The number of fused-ring (bicyclic) bond motifs is 2. The van der Waals surface area contributed by atoms with Crippen molar-refractivity contribution >= 4 is 15.9 Å². The van der Waals surface area contributed by atoms with E-state index in [2.05, 4.69) is 15.9 Å². The Labute approximate surface area is 170 Å². The maximum absolute atomic E-state index is 14.3. The zero-order valence-electron chi connectivity index (χ0n) is 16.2. The average Bonchev–Trinajstić information content (AvgIpc) is 2.79. The van der Waals surface area contributed by atoms with E-state index in [1.807, 2.05) is 6.92 Å². The first-order valence-corrected chi connectivity index (χ1v) is 10.9. The van der Waals surface area contributed by atoms with E-state index in [-0.39, 0.29) is 17.9 Å². The molecular formula is C18H27BrF3NO5. The van der Waals surface area contributed by atoms with Crippen molar-refractivity contribution in [2.75, 3.05) is 11.9 Å². The van der Waals surface area contributed by atoms with E-state index in [1.165, 1.54) is 6.92 Å². The number of nitrogens with two attached hydrogens (primary N) is 1. The van der Waals surface area contributed by atoms with Crippen molar-refractivity contribution in [3.8, 4) is 0 Å². The Morgan fingerprint density at radius 1 is 1.14 bits per heavy atom. The predicted octanol–water partition coefficient (Wildman–Crippen LogP) is 3.62. The topological polar surface area (TPSA) is 72.2 Å². The summed E-state index contributed by atoms with van der Waals surface area (Å²) in [4.78, 5) is 11.5. The van der Waals surface area contributed by atoms with E-state index < -0.39 is 47.0 Å². The maximum Gasteiger partial charge on any atom is 0.443 e. The monoisotopic (exact) mass is 473 g/mol. The Morgan fingerprint density at radius 3 is 2.50 bits per heavy atom. The molecule has 0 aromatic heterocycles. The minimum absolute atomic E-state index is 0.0107. The average molecular weight is 474 g/mol. The summed E-state index contributed by atoms with van der Waals surface area (Å²) >= 11 is 3.13. The van der Waals surface area contributed by atoms with Gasteiger partial charge in [-0.25, -0.2) is 9.78 Å². The molecule has 0 amide bonds. The first-order chi connectivity index (χ1) is 13.0. The Kier molecular flexibility index (Phi) is 4.95. The second-order valence-electron chi connectivity index (χ2n) is 8.78. The van der Waals surface area contributed by atoms with Gasteiger partial charge < -0.3 is 19.9 Å². The number of rotatable bonds is 3. The fraction of sp³-hybridized carbons (Fsp3) is 1.00. The molecule has 4 saturated heterocycles. The van der Waals surface area contributed by atoms with E-state index in [0.29, 0.717) is 25.7 Å². The summed E-state index contributed by atoms with van der Waals surface area (Å²) in [5.74, 6) is -5.68. The SMILES string of the molecule is C[C@@H]1[C@@H]2CC[C@@H](C)[C@]3(N)CC[C@@]4(C)OO[C@@]23[C@@H](O4)O[C@@]1(OCCBr)C(F)(F)F. The van der Waals surface area contributed by atoms with Crippen LogP contribution in [0.2, 0.25) is 0 Å². The van der Waals surface area contributed by atoms with E-state index >= 15 is 0 Å². The molecule has 5 fully saturated rings. The summed E-state index contributed by atoms with van der Waals surface area (Å²) in [7, 11) is 0. The minimum Gasteiger partial charge on any atom is -0.341 e. The third kappa shape index (κ3) is 2.55. The fourth-order valence-corrected chi connectivity index (χ4v) is 5.86. The molecule has 2 N–H and O–H groups in total. The van der Waals surface area contributed by atoms with Crippen LogP contribution in [0.3, 0.4) is 0 Å². The molecule has 6 nitrogen and oxygen atoms in total. The van der Waals surface area contributed by atoms with Gasteiger partial charge >= 0.3 is 6.18 Å². The van der Waals surface area contributed by atoms with Crippen LogP contribution in [0.25, 0.3) is 0 Å². The molecule has 4 heterocycles. The van der Waals surface area contributed by atoms with Gasteiger partial charge in [-0.05, 0) is 32.1 Å². The second kappa shape index (κ2) is 6.51. The van der Waals surface area contributed by atoms with Crippen molar-refractivity contribution in [3.05, 3.63) is 0 Å². The van der Waals surface area contributed by atoms with Gasteiger partial charge in [-0.15, -0.1) is 0 Å². The van der Waals surface area contributed by atoms with Crippen molar-refractivity contribution in [1.82, 2.24) is 0 Å². The highest BCUT2D eigenvalue weighted by Gasteiger charge is 2.80. The zero-order chi connectivity index (χ0) is 20.6. The summed E-state index contributed by atoms with van der Waals surface area (Å²) in [5, 5.41) is 0.247. The molecule has 1 saturated carbocycles. The Morgan fingerprint density at radius 2 is 1.86 bits per heavy atom. The summed E-state index contributed by atoms with van der Waals surface area (Å²) in [6, 6.07) is 0. The van der Waals surface area contributed by atoms with Gasteiger partial charge in [0, 0.05) is 23.6 Å². The van der Waals surface area contributed by atoms with Gasteiger partial charge in [-0.1, -0.05) is 29.8 Å². The lowest BCUT2D eigenvalue weighted by Gasteiger charge is -2.65. The van der Waals surface area contributed by atoms with Crippen LogP contribution in [0.5, 0.6) is 0 Å². The highest BCUT2D eigenvalue weighted by molar-refractivity contribution is 9.09. The Bertz CT molecular complexity index is 641. The van der Waals surface area contributed by atoms with Crippen LogP contribution in [0, 0.1) is 17.8 Å². The van der Waals surface area contributed by atoms with Crippen LogP contribution in [-0.4, -0.2) is 47.1 Å². The molecule has 28 heavy (non-hydrogen) atoms. The van der Waals surface area contributed by atoms with E-state index in [4.69, 9.17) is 29.7 Å². The largest absolute Gasteiger partial charge is 0.443 e. The van der Waals surface area contributed by atoms with E-state index in [9.17, 15) is 13.2 Å². The molecule has 2 bridgehead atoms. The normalized spacial score (nSPS) is 53.6. The number of ether oxygens (including phenoxy) is 3. The molecular weight excluding hydrogens is 447 g/mol. The molecule has 5 rings (SSSR count). The molecule has 10 heteroatoms. The summed E-state index contributed by atoms with van der Waals surface area (Å²) in [5.41, 5.74) is 4.63. The molecule has 8 atom stereocenters. The number of alkyl halides is 4. The summed E-state index contributed by atoms with van der Waals surface area (Å²) in [6.45, 7) is 4.98. The first-order valence-electron chi connectivity index (χ1n) is 9.74. The molecule has 162 valence electrons. The zero-order valence-corrected chi connectivity index (χ0v) is 17.8. The van der Waals surface area contributed by atoms with Crippen molar-refractivity contribution < 1.29 is 37.2 Å². The molecule has 5 aliphatic rings. The van der Waals surface area contributed by atoms with Crippen LogP contribution >= 0.6 is 15.9 Å². The van der Waals surface area contributed by atoms with Gasteiger partial charge in [0.15, 0.2) is 11.9 Å². The predicted molar refractivity (Wildman–Crippen MR) is 95.0 cm³/mol. The van der Waals surface area contributed by atoms with E-state index in [1.54, 1.807) is 6.92 Å². The lowest BCUT2D eigenvalue weighted by Crippen LogP contribution is -2.82. The minimum atomic E-state index is -4.76. The number of hydrogen-bond acceptors (Lipinski definition) is 6. The van der Waals surface area contributed by atoms with Crippen LogP contribution in [0.15, 0.2) is 0 Å². The Balaban J connectivity index is 1.86. The molecule has 0 radical (unpaired) electrons. The molecule has 0 unspecified atom stereocenters. The van der Waals surface area contributed by atoms with Crippen molar-refractivity contribution in [3.63, 3.8) is 0 Å². The lowest BCUT2D eigenvalue weighted by atomic mass is 9.53. The fourth-order valence-electron chi connectivity index (χ4n) is 5.70. The molecule has 4 aliphatic heterocycles. The number of halogens is 4. The molecule has 1 spiro atoms. The maximum atomic E-state index is 14.3. The summed E-state index contributed by atoms with van der Waals surface area (Å²) in [6.07, 6.45) is -4.02. The standard InChI is InChI=1S/C18H27BrF3NO5/c1-10-4-5-12-11(2)17(18(20,21)22,24-9-8-19)26-13-16(12)15(10,23)7-6-14(3,25-13)27-28-16/h10-13H,4-9,23H2,1-3H3/t10-,11-,12+,13+,14-,15-,16-,17-/m1/s1. The quantitative estimate of drug-likeness (QED) is 0.498. The first kappa shape index (κ1) is 21.3. The van der Waals surface area contributed by atoms with Gasteiger partial charge in [0.25, 0.3) is 5.79 Å². The van der Waals surface area contributed by atoms with Crippen LogP contribution < -0.4 is 5.73 Å². The van der Waals surface area contributed by atoms with Gasteiger partial charge in [-0.3, -0.25) is 0 Å². The van der Waals surface area contributed by atoms with Gasteiger partial charge in [0.05, 0.1) is 12.1 Å². The van der Waals surface area contributed by atoms with Crippen LogP contribution in [0.1, 0.15) is 46.5 Å². The highest BCUT2D eigenvalue weighted by Crippen LogP contribution is 2.65. The van der Waals surface area contributed by atoms with Crippen LogP contribution in [-0.2, 0) is 24.0 Å². The molecule has 0 aromatic carbocycles. The second-order valence-corrected chi connectivity index (χ2v) is 9.57. The van der Waals surface area contributed by atoms with Crippen molar-refractivity contribution in [2.24, 2.45) is 23.5 Å².